The van der Waals surface area contributed by atoms with Crippen LogP contribution in [0.5, 0.6) is 0 Å². The Bertz CT molecular complexity index is 922. The maximum atomic E-state index is 12.2. The largest absolute Gasteiger partial charge is 0.416 e. The van der Waals surface area contributed by atoms with Crippen LogP contribution in [0.25, 0.3) is 0 Å². The summed E-state index contributed by atoms with van der Waals surface area (Å²) in [5.74, 6) is 0.692. The molecule has 0 bridgehead atoms. The summed E-state index contributed by atoms with van der Waals surface area (Å²) in [6, 6.07) is 18.1. The molecule has 2 aromatic carbocycles. The quantitative estimate of drug-likeness (QED) is 0.560. The van der Waals surface area contributed by atoms with Gasteiger partial charge in [-0.3, -0.25) is 4.79 Å². The molecule has 4 rings (SSSR count). The first-order valence-electron chi connectivity index (χ1n) is 9.96. The third-order valence-corrected chi connectivity index (χ3v) is 5.79. The molecule has 0 saturated carbocycles. The van der Waals surface area contributed by atoms with E-state index in [0.717, 1.165) is 17.8 Å². The second kappa shape index (κ2) is 9.71. The van der Waals surface area contributed by atoms with Crippen molar-refractivity contribution in [1.82, 2.24) is 10.2 Å². The van der Waals surface area contributed by atoms with Crippen LogP contribution in [0.4, 0.5) is 5.69 Å². The van der Waals surface area contributed by atoms with Gasteiger partial charge >= 0.3 is 0 Å². The van der Waals surface area contributed by atoms with Gasteiger partial charge < -0.3 is 14.6 Å². The number of carbonyl (C=O) groups is 1. The highest BCUT2D eigenvalue weighted by Crippen LogP contribution is 2.18. The van der Waals surface area contributed by atoms with Gasteiger partial charge in [-0.15, -0.1) is 10.2 Å². The lowest BCUT2D eigenvalue weighted by molar-refractivity contribution is -0.901. The molecule has 29 heavy (non-hydrogen) atoms. The fourth-order valence-electron chi connectivity index (χ4n) is 3.51. The van der Waals surface area contributed by atoms with E-state index in [1.807, 2.05) is 42.5 Å². The molecule has 3 aromatic rings. The Morgan fingerprint density at radius 3 is 2.52 bits per heavy atom. The maximum absolute atomic E-state index is 12.2. The Morgan fingerprint density at radius 1 is 1.00 bits per heavy atom. The van der Waals surface area contributed by atoms with Crippen LogP contribution in [0.1, 0.15) is 29.9 Å². The Labute approximate surface area is 174 Å². The van der Waals surface area contributed by atoms with Gasteiger partial charge in [0.2, 0.25) is 11.8 Å². The lowest BCUT2D eigenvalue weighted by Gasteiger charge is -2.12. The van der Waals surface area contributed by atoms with Gasteiger partial charge in [0.25, 0.3) is 5.22 Å². The van der Waals surface area contributed by atoms with Crippen molar-refractivity contribution >= 4 is 23.4 Å². The molecule has 2 N–H and O–H groups in total. The van der Waals surface area contributed by atoms with Crippen molar-refractivity contribution in [3.05, 3.63) is 71.6 Å². The fourth-order valence-corrected chi connectivity index (χ4v) is 4.09. The van der Waals surface area contributed by atoms with Crippen molar-refractivity contribution in [3.63, 3.8) is 0 Å². The van der Waals surface area contributed by atoms with Crippen LogP contribution < -0.4 is 10.2 Å². The third kappa shape index (κ3) is 5.92. The van der Waals surface area contributed by atoms with Crippen molar-refractivity contribution < 1.29 is 14.1 Å². The zero-order chi connectivity index (χ0) is 19.9. The second-order valence-corrected chi connectivity index (χ2v) is 8.22. The number of likely N-dealkylation sites (tertiary alicyclic amines) is 1. The number of benzene rings is 2. The SMILES string of the molecule is O=C(CSc1nnc(Cc2ccccc2)o1)Nc1ccc(C[NH+]2CCCC2)cc1. The van der Waals surface area contributed by atoms with Crippen LogP contribution in [-0.2, 0) is 17.8 Å². The topological polar surface area (TPSA) is 72.5 Å². The van der Waals surface area contributed by atoms with Gasteiger partial charge in [-0.2, -0.15) is 0 Å². The van der Waals surface area contributed by atoms with Gasteiger partial charge in [-0.05, 0) is 17.7 Å². The molecule has 0 radical (unpaired) electrons. The number of hydrogen-bond acceptors (Lipinski definition) is 5. The Kier molecular flexibility index (Phi) is 6.59. The van der Waals surface area contributed by atoms with Crippen molar-refractivity contribution in [2.24, 2.45) is 0 Å². The van der Waals surface area contributed by atoms with Crippen molar-refractivity contribution in [2.45, 2.75) is 31.0 Å². The number of rotatable bonds is 8. The van der Waals surface area contributed by atoms with E-state index in [1.54, 1.807) is 4.90 Å². The first kappa shape index (κ1) is 19.7. The molecule has 0 atom stereocenters. The van der Waals surface area contributed by atoms with Crippen molar-refractivity contribution in [2.75, 3.05) is 24.2 Å². The number of amides is 1. The predicted octanol–water partition coefficient (Wildman–Crippen LogP) is 2.57. The molecule has 1 aromatic heterocycles. The van der Waals surface area contributed by atoms with Crippen LogP contribution in [0.15, 0.2) is 64.2 Å². The molecule has 150 valence electrons. The molecule has 1 fully saturated rings. The average Bonchev–Trinajstić information content (AvgIpc) is 3.41. The van der Waals surface area contributed by atoms with Gasteiger partial charge in [-0.25, -0.2) is 0 Å². The number of hydrogen-bond donors (Lipinski definition) is 2. The number of nitrogens with one attached hydrogen (secondary N) is 2. The molecule has 0 spiro atoms. The molecule has 1 amide bonds. The molecular weight excluding hydrogens is 384 g/mol. The monoisotopic (exact) mass is 409 g/mol. The minimum atomic E-state index is -0.0873. The van der Waals surface area contributed by atoms with Crippen molar-refractivity contribution in [1.29, 1.82) is 0 Å². The summed E-state index contributed by atoms with van der Waals surface area (Å²) in [5, 5.41) is 11.4. The zero-order valence-corrected chi connectivity index (χ0v) is 17.1. The molecule has 0 aliphatic carbocycles. The zero-order valence-electron chi connectivity index (χ0n) is 16.3. The number of anilines is 1. The van der Waals surface area contributed by atoms with E-state index >= 15 is 0 Å². The van der Waals surface area contributed by atoms with E-state index in [2.05, 4.69) is 27.6 Å². The number of carbonyl (C=O) groups excluding carboxylic acids is 1. The predicted molar refractivity (Wildman–Crippen MR) is 113 cm³/mol. The minimum Gasteiger partial charge on any atom is -0.416 e. The van der Waals surface area contributed by atoms with Crippen LogP contribution in [0, 0.1) is 0 Å². The van der Waals surface area contributed by atoms with Gasteiger partial charge in [0, 0.05) is 24.1 Å². The Balaban J connectivity index is 1.22. The summed E-state index contributed by atoms with van der Waals surface area (Å²) < 4.78 is 5.63. The van der Waals surface area contributed by atoms with Crippen LogP contribution in [0.2, 0.25) is 0 Å². The maximum Gasteiger partial charge on any atom is 0.277 e. The molecule has 1 aliphatic rings. The van der Waals surface area contributed by atoms with Crippen LogP contribution in [0.3, 0.4) is 0 Å². The molecule has 2 heterocycles. The van der Waals surface area contributed by atoms with Gasteiger partial charge in [0.1, 0.15) is 6.54 Å². The molecule has 1 saturated heterocycles. The summed E-state index contributed by atoms with van der Waals surface area (Å²) in [5.41, 5.74) is 3.23. The Hall–Kier alpha value is -2.64. The lowest BCUT2D eigenvalue weighted by atomic mass is 10.2. The van der Waals surface area contributed by atoms with E-state index in [1.165, 1.54) is 43.3 Å². The van der Waals surface area contributed by atoms with E-state index in [9.17, 15) is 4.79 Å². The number of quaternary nitrogens is 1. The summed E-state index contributed by atoms with van der Waals surface area (Å²) >= 11 is 1.25. The van der Waals surface area contributed by atoms with Crippen molar-refractivity contribution in [3.8, 4) is 0 Å². The third-order valence-electron chi connectivity index (χ3n) is 4.98. The minimum absolute atomic E-state index is 0.0873. The van der Waals surface area contributed by atoms with E-state index in [0.29, 0.717) is 17.5 Å². The fraction of sp³-hybridized carbons (Fsp3) is 0.318. The number of nitrogens with zero attached hydrogens (tertiary/aromatic N) is 2. The van der Waals surface area contributed by atoms with E-state index in [4.69, 9.17) is 4.42 Å². The van der Waals surface area contributed by atoms with Crippen LogP contribution >= 0.6 is 11.8 Å². The number of thioether (sulfide) groups is 1. The van der Waals surface area contributed by atoms with E-state index < -0.39 is 0 Å². The van der Waals surface area contributed by atoms with Crippen LogP contribution in [-0.4, -0.2) is 34.9 Å². The summed E-state index contributed by atoms with van der Waals surface area (Å²) in [7, 11) is 0. The molecule has 0 unspecified atom stereocenters. The molecule has 7 heteroatoms. The standard InChI is InChI=1S/C22H24N4O2S/c27-20(23-19-10-8-18(9-11-19)15-26-12-4-5-13-26)16-29-22-25-24-21(28-22)14-17-6-2-1-3-7-17/h1-3,6-11H,4-5,12-16H2,(H,23,27)/p+1. The average molecular weight is 410 g/mol. The van der Waals surface area contributed by atoms with Gasteiger partial charge in [0.05, 0.1) is 25.3 Å². The first-order chi connectivity index (χ1) is 14.2. The van der Waals surface area contributed by atoms with Gasteiger partial charge in [0.15, 0.2) is 0 Å². The highest BCUT2D eigenvalue weighted by molar-refractivity contribution is 7.99. The Morgan fingerprint density at radius 2 is 1.76 bits per heavy atom. The molecular formula is C22H25N4O2S+. The van der Waals surface area contributed by atoms with E-state index in [-0.39, 0.29) is 11.7 Å². The van der Waals surface area contributed by atoms with Gasteiger partial charge in [-0.1, -0.05) is 54.2 Å². The molecule has 6 nitrogen and oxygen atoms in total. The lowest BCUT2D eigenvalue weighted by Crippen LogP contribution is -3.08. The second-order valence-electron chi connectivity index (χ2n) is 7.29. The summed E-state index contributed by atoms with van der Waals surface area (Å²) in [6.45, 7) is 3.59. The highest BCUT2D eigenvalue weighted by Gasteiger charge is 2.15. The first-order valence-corrected chi connectivity index (χ1v) is 10.9. The smallest absolute Gasteiger partial charge is 0.277 e. The highest BCUT2D eigenvalue weighted by atomic mass is 32.2. The summed E-state index contributed by atoms with van der Waals surface area (Å²) in [4.78, 5) is 13.9. The normalized spacial score (nSPS) is 14.2. The number of aromatic nitrogens is 2. The molecule has 1 aliphatic heterocycles. The summed E-state index contributed by atoms with van der Waals surface area (Å²) in [6.07, 6.45) is 3.25.